The van der Waals surface area contributed by atoms with Crippen LogP contribution in [0.3, 0.4) is 0 Å². The zero-order chi connectivity index (χ0) is 14.3. The van der Waals surface area contributed by atoms with Crippen molar-refractivity contribution in [2.45, 2.75) is 32.1 Å². The molecule has 0 unspecified atom stereocenters. The standard InChI is InChI=1S/C18H20NOP/c1-4-10-16(11-5-1)19-20-21(17-12-6-2-7-13-17)18-14-8-3-9-15-18/h2-3,6-9,12-15H,1,4-5,10-11H2. The van der Waals surface area contributed by atoms with Gasteiger partial charge in [-0.05, 0) is 25.7 Å². The summed E-state index contributed by atoms with van der Waals surface area (Å²) in [5.74, 6) is 0. The summed E-state index contributed by atoms with van der Waals surface area (Å²) in [6, 6.07) is 20.8. The fourth-order valence-corrected chi connectivity index (χ4v) is 4.09. The molecule has 1 aliphatic rings. The Morgan fingerprint density at radius 2 is 1.24 bits per heavy atom. The summed E-state index contributed by atoms with van der Waals surface area (Å²) >= 11 is 0. The Hall–Kier alpha value is -1.66. The Morgan fingerprint density at radius 3 is 1.76 bits per heavy atom. The molecule has 0 spiro atoms. The predicted molar refractivity (Wildman–Crippen MR) is 90.7 cm³/mol. The van der Waals surface area contributed by atoms with Crippen LogP contribution in [0.25, 0.3) is 0 Å². The number of hydrogen-bond donors (Lipinski definition) is 0. The topological polar surface area (TPSA) is 21.6 Å². The van der Waals surface area contributed by atoms with Crippen LogP contribution in [0.2, 0.25) is 0 Å². The van der Waals surface area contributed by atoms with Crippen LogP contribution in [-0.4, -0.2) is 5.71 Å². The molecule has 0 aromatic heterocycles. The van der Waals surface area contributed by atoms with Crippen molar-refractivity contribution in [3.63, 3.8) is 0 Å². The molecule has 3 heteroatoms. The fourth-order valence-electron chi connectivity index (χ4n) is 2.52. The van der Waals surface area contributed by atoms with Crippen LogP contribution >= 0.6 is 8.15 Å². The largest absolute Gasteiger partial charge is 0.367 e. The van der Waals surface area contributed by atoms with Gasteiger partial charge in [0.2, 0.25) is 0 Å². The van der Waals surface area contributed by atoms with E-state index in [0.29, 0.717) is 0 Å². The lowest BCUT2D eigenvalue weighted by molar-refractivity contribution is 0.384. The van der Waals surface area contributed by atoms with Gasteiger partial charge in [0, 0.05) is 10.6 Å². The quantitative estimate of drug-likeness (QED) is 0.606. The molecule has 1 fully saturated rings. The molecular weight excluding hydrogens is 277 g/mol. The highest BCUT2D eigenvalue weighted by Crippen LogP contribution is 2.35. The van der Waals surface area contributed by atoms with E-state index in [1.54, 1.807) is 0 Å². The first-order valence-electron chi connectivity index (χ1n) is 7.56. The second kappa shape index (κ2) is 7.38. The van der Waals surface area contributed by atoms with Gasteiger partial charge in [-0.2, -0.15) is 0 Å². The van der Waals surface area contributed by atoms with E-state index in [2.05, 4.69) is 53.7 Å². The minimum absolute atomic E-state index is 0.863. The van der Waals surface area contributed by atoms with Gasteiger partial charge < -0.3 is 4.62 Å². The van der Waals surface area contributed by atoms with Crippen LogP contribution < -0.4 is 10.6 Å². The van der Waals surface area contributed by atoms with Crippen molar-refractivity contribution in [3.8, 4) is 0 Å². The lowest BCUT2D eigenvalue weighted by atomic mass is 9.99. The highest BCUT2D eigenvalue weighted by Gasteiger charge is 2.17. The van der Waals surface area contributed by atoms with Gasteiger partial charge in [-0.15, -0.1) is 0 Å². The molecule has 1 saturated carbocycles. The van der Waals surface area contributed by atoms with Crippen molar-refractivity contribution >= 4 is 24.5 Å². The number of benzene rings is 2. The summed E-state index contributed by atoms with van der Waals surface area (Å²) in [6.45, 7) is 0. The van der Waals surface area contributed by atoms with E-state index in [-0.39, 0.29) is 0 Å². The first kappa shape index (κ1) is 14.3. The number of oxime groups is 1. The third-order valence-corrected chi connectivity index (χ3v) is 5.44. The molecule has 0 saturated heterocycles. The van der Waals surface area contributed by atoms with E-state index >= 15 is 0 Å². The molecule has 0 radical (unpaired) electrons. The van der Waals surface area contributed by atoms with E-state index in [9.17, 15) is 0 Å². The average Bonchev–Trinajstić information content (AvgIpc) is 2.58. The van der Waals surface area contributed by atoms with Gasteiger partial charge in [0.05, 0.1) is 5.71 Å². The van der Waals surface area contributed by atoms with Crippen LogP contribution in [0, 0.1) is 0 Å². The van der Waals surface area contributed by atoms with Crippen LogP contribution in [0.1, 0.15) is 32.1 Å². The summed E-state index contributed by atoms with van der Waals surface area (Å²) in [4.78, 5) is 0. The molecule has 0 aliphatic heterocycles. The van der Waals surface area contributed by atoms with E-state index in [0.717, 1.165) is 12.8 Å². The van der Waals surface area contributed by atoms with Crippen LogP contribution in [0.4, 0.5) is 0 Å². The maximum Gasteiger partial charge on any atom is 0.184 e. The minimum atomic E-state index is -0.863. The van der Waals surface area contributed by atoms with Gasteiger partial charge in [-0.3, -0.25) is 0 Å². The minimum Gasteiger partial charge on any atom is -0.367 e. The van der Waals surface area contributed by atoms with Gasteiger partial charge in [0.1, 0.15) is 0 Å². The van der Waals surface area contributed by atoms with Crippen LogP contribution in [0.5, 0.6) is 0 Å². The van der Waals surface area contributed by atoms with Crippen molar-refractivity contribution in [1.29, 1.82) is 0 Å². The van der Waals surface area contributed by atoms with Gasteiger partial charge in [-0.25, -0.2) is 0 Å². The molecule has 2 nitrogen and oxygen atoms in total. The van der Waals surface area contributed by atoms with E-state index in [4.69, 9.17) is 4.62 Å². The molecule has 3 rings (SSSR count). The Balaban J connectivity index is 1.83. The van der Waals surface area contributed by atoms with E-state index < -0.39 is 8.15 Å². The fraction of sp³-hybridized carbons (Fsp3) is 0.278. The van der Waals surface area contributed by atoms with Gasteiger partial charge >= 0.3 is 0 Å². The monoisotopic (exact) mass is 297 g/mol. The molecule has 0 amide bonds. The Kier molecular flexibility index (Phi) is 5.02. The lowest BCUT2D eigenvalue weighted by Crippen LogP contribution is -2.13. The van der Waals surface area contributed by atoms with Crippen molar-refractivity contribution < 1.29 is 4.62 Å². The highest BCUT2D eigenvalue weighted by atomic mass is 31.1. The third-order valence-electron chi connectivity index (χ3n) is 3.66. The van der Waals surface area contributed by atoms with Crippen molar-refractivity contribution in [1.82, 2.24) is 0 Å². The molecule has 2 aromatic carbocycles. The second-order valence-corrected chi connectivity index (χ2v) is 7.05. The summed E-state index contributed by atoms with van der Waals surface area (Å²) in [5, 5.41) is 6.90. The van der Waals surface area contributed by atoms with E-state index in [1.807, 2.05) is 12.1 Å². The Bertz CT molecular complexity index is 535. The molecular formula is C18H20NOP. The third kappa shape index (κ3) is 3.92. The lowest BCUT2D eigenvalue weighted by Gasteiger charge is -2.17. The number of rotatable bonds is 4. The normalized spacial score (nSPS) is 15.0. The molecule has 0 bridgehead atoms. The molecule has 21 heavy (non-hydrogen) atoms. The van der Waals surface area contributed by atoms with Crippen molar-refractivity contribution in [3.05, 3.63) is 60.7 Å². The van der Waals surface area contributed by atoms with Gasteiger partial charge in [-0.1, -0.05) is 72.2 Å². The average molecular weight is 297 g/mol. The molecule has 0 N–H and O–H groups in total. The smallest absolute Gasteiger partial charge is 0.184 e. The molecule has 1 aliphatic carbocycles. The van der Waals surface area contributed by atoms with Crippen molar-refractivity contribution in [2.24, 2.45) is 5.16 Å². The van der Waals surface area contributed by atoms with Crippen LogP contribution in [-0.2, 0) is 4.62 Å². The maximum absolute atomic E-state index is 6.01. The summed E-state index contributed by atoms with van der Waals surface area (Å²) in [7, 11) is -0.863. The number of hydrogen-bond acceptors (Lipinski definition) is 2. The SMILES string of the molecule is c1ccc(P(ON=C2CCCCC2)c2ccccc2)cc1. The first-order chi connectivity index (χ1) is 10.4. The number of nitrogens with zero attached hydrogens (tertiary/aromatic N) is 1. The summed E-state index contributed by atoms with van der Waals surface area (Å²) in [5.41, 5.74) is 1.22. The van der Waals surface area contributed by atoms with Gasteiger partial charge in [0.25, 0.3) is 0 Å². The molecule has 2 aromatic rings. The molecule has 108 valence electrons. The predicted octanol–water partition coefficient (Wildman–Crippen LogP) is 4.37. The maximum atomic E-state index is 6.01. The van der Waals surface area contributed by atoms with Crippen molar-refractivity contribution in [2.75, 3.05) is 0 Å². The Morgan fingerprint density at radius 1 is 0.714 bits per heavy atom. The zero-order valence-electron chi connectivity index (χ0n) is 12.1. The second-order valence-electron chi connectivity index (χ2n) is 5.27. The van der Waals surface area contributed by atoms with E-state index in [1.165, 1.54) is 35.6 Å². The van der Waals surface area contributed by atoms with Gasteiger partial charge in [0.15, 0.2) is 8.15 Å². The first-order valence-corrected chi connectivity index (χ1v) is 8.82. The molecule has 0 atom stereocenters. The Labute approximate surface area is 127 Å². The molecule has 0 heterocycles. The summed E-state index contributed by atoms with van der Waals surface area (Å²) in [6.07, 6.45) is 6.00. The van der Waals surface area contributed by atoms with Crippen LogP contribution in [0.15, 0.2) is 65.8 Å². The highest BCUT2D eigenvalue weighted by molar-refractivity contribution is 7.68. The summed E-state index contributed by atoms with van der Waals surface area (Å²) < 4.78 is 6.01. The zero-order valence-corrected chi connectivity index (χ0v) is 13.0.